The Bertz CT molecular complexity index is 1100. The van der Waals surface area contributed by atoms with E-state index in [0.717, 1.165) is 60.9 Å². The highest BCUT2D eigenvalue weighted by molar-refractivity contribution is 6.30. The summed E-state index contributed by atoms with van der Waals surface area (Å²) in [7, 11) is 0. The van der Waals surface area contributed by atoms with E-state index in [1.807, 2.05) is 35.6 Å². The maximum atomic E-state index is 12.7. The van der Waals surface area contributed by atoms with Crippen molar-refractivity contribution in [1.29, 1.82) is 0 Å². The van der Waals surface area contributed by atoms with Crippen LogP contribution in [-0.4, -0.2) is 39.5 Å². The van der Waals surface area contributed by atoms with Crippen LogP contribution in [0.25, 0.3) is 10.9 Å². The van der Waals surface area contributed by atoms with Crippen LogP contribution >= 0.6 is 11.6 Å². The summed E-state index contributed by atoms with van der Waals surface area (Å²) in [6.07, 6.45) is 5.41. The van der Waals surface area contributed by atoms with Crippen LogP contribution in [0.2, 0.25) is 5.02 Å². The molecule has 31 heavy (non-hydrogen) atoms. The Labute approximate surface area is 188 Å². The lowest BCUT2D eigenvalue weighted by atomic mass is 9.96. The number of aromatic nitrogens is 2. The van der Waals surface area contributed by atoms with Gasteiger partial charge in [-0.1, -0.05) is 18.5 Å². The average molecular weight is 438 g/mol. The van der Waals surface area contributed by atoms with E-state index in [-0.39, 0.29) is 11.7 Å². The number of aryl methyl sites for hydroxylation is 1. The standard InChI is InChI=1S/C25H28ClN3O2/c1-3-4-24(30)21-9-10-23-22(17(21)2)16-29(27-23)15-18-11-13-28(14-12-18)25(31)19-5-7-20(26)8-6-19/h5-10,16,18H,3-4,11-15H2,1-2H3. The van der Waals surface area contributed by atoms with Gasteiger partial charge in [-0.05, 0) is 74.1 Å². The summed E-state index contributed by atoms with van der Waals surface area (Å²) in [4.78, 5) is 27.0. The van der Waals surface area contributed by atoms with Crippen molar-refractivity contribution in [2.24, 2.45) is 5.92 Å². The topological polar surface area (TPSA) is 55.2 Å². The number of halogens is 1. The highest BCUT2D eigenvalue weighted by atomic mass is 35.5. The quantitative estimate of drug-likeness (QED) is 0.476. The number of hydrogen-bond acceptors (Lipinski definition) is 3. The van der Waals surface area contributed by atoms with E-state index in [4.69, 9.17) is 16.7 Å². The Balaban J connectivity index is 1.40. The molecule has 1 aliphatic heterocycles. The summed E-state index contributed by atoms with van der Waals surface area (Å²) in [5.74, 6) is 0.748. The van der Waals surface area contributed by atoms with Crippen LogP contribution in [0.5, 0.6) is 0 Å². The van der Waals surface area contributed by atoms with Crippen LogP contribution in [0.1, 0.15) is 58.9 Å². The summed E-state index contributed by atoms with van der Waals surface area (Å²) in [6.45, 7) is 6.37. The van der Waals surface area contributed by atoms with Gasteiger partial charge in [-0.2, -0.15) is 5.10 Å². The molecule has 0 N–H and O–H groups in total. The molecule has 6 heteroatoms. The molecule has 0 saturated carbocycles. The number of ketones is 1. The number of carbonyl (C=O) groups is 2. The van der Waals surface area contributed by atoms with E-state index in [1.54, 1.807) is 24.3 Å². The molecule has 0 atom stereocenters. The Morgan fingerprint density at radius 3 is 2.48 bits per heavy atom. The first-order valence-corrected chi connectivity index (χ1v) is 11.4. The molecule has 0 radical (unpaired) electrons. The lowest BCUT2D eigenvalue weighted by Gasteiger charge is -2.32. The van der Waals surface area contributed by atoms with Gasteiger partial charge >= 0.3 is 0 Å². The molecule has 2 aromatic carbocycles. The van der Waals surface area contributed by atoms with Crippen molar-refractivity contribution in [3.63, 3.8) is 0 Å². The number of benzene rings is 2. The zero-order chi connectivity index (χ0) is 22.0. The van der Waals surface area contributed by atoms with Crippen LogP contribution in [0, 0.1) is 12.8 Å². The number of amides is 1. The van der Waals surface area contributed by atoms with Gasteiger partial charge < -0.3 is 4.90 Å². The largest absolute Gasteiger partial charge is 0.339 e. The van der Waals surface area contributed by atoms with E-state index >= 15 is 0 Å². The van der Waals surface area contributed by atoms with Gasteiger partial charge in [0.1, 0.15) is 0 Å². The molecule has 1 aromatic heterocycles. The Morgan fingerprint density at radius 2 is 1.81 bits per heavy atom. The molecular formula is C25H28ClN3O2. The van der Waals surface area contributed by atoms with Gasteiger partial charge in [-0.25, -0.2) is 0 Å². The molecule has 5 nitrogen and oxygen atoms in total. The molecule has 1 saturated heterocycles. The Hall–Kier alpha value is -2.66. The lowest BCUT2D eigenvalue weighted by molar-refractivity contribution is 0.0681. The number of hydrogen-bond donors (Lipinski definition) is 0. The summed E-state index contributed by atoms with van der Waals surface area (Å²) in [5.41, 5.74) is 3.44. The predicted octanol–water partition coefficient (Wildman–Crippen LogP) is 5.53. The molecule has 1 fully saturated rings. The van der Waals surface area contributed by atoms with Gasteiger partial charge in [-0.15, -0.1) is 0 Å². The minimum atomic E-state index is 0.0693. The number of piperidine rings is 1. The second kappa shape index (κ2) is 9.23. The van der Waals surface area contributed by atoms with Crippen LogP contribution in [0.3, 0.4) is 0 Å². The van der Waals surface area contributed by atoms with Crippen molar-refractivity contribution in [1.82, 2.24) is 14.7 Å². The highest BCUT2D eigenvalue weighted by Crippen LogP contribution is 2.25. The average Bonchev–Trinajstić information content (AvgIpc) is 3.18. The third-order valence-corrected chi connectivity index (χ3v) is 6.47. The number of fused-ring (bicyclic) bond motifs is 1. The molecule has 0 aliphatic carbocycles. The molecule has 3 aromatic rings. The zero-order valence-corrected chi connectivity index (χ0v) is 18.9. The fraction of sp³-hybridized carbons (Fsp3) is 0.400. The van der Waals surface area contributed by atoms with Gasteiger partial charge in [-0.3, -0.25) is 14.3 Å². The molecule has 0 spiro atoms. The van der Waals surface area contributed by atoms with Crippen LogP contribution < -0.4 is 0 Å². The number of carbonyl (C=O) groups excluding carboxylic acids is 2. The van der Waals surface area contributed by atoms with Gasteiger partial charge in [0.25, 0.3) is 5.91 Å². The van der Waals surface area contributed by atoms with E-state index < -0.39 is 0 Å². The molecular weight excluding hydrogens is 410 g/mol. The molecule has 1 aliphatic rings. The summed E-state index contributed by atoms with van der Waals surface area (Å²) in [6, 6.07) is 10.9. The fourth-order valence-electron chi connectivity index (χ4n) is 4.40. The van der Waals surface area contributed by atoms with Crippen molar-refractivity contribution < 1.29 is 9.59 Å². The third-order valence-electron chi connectivity index (χ3n) is 6.22. The molecule has 1 amide bonds. The van der Waals surface area contributed by atoms with Crippen molar-refractivity contribution in [3.8, 4) is 0 Å². The first-order valence-electron chi connectivity index (χ1n) is 11.0. The molecule has 0 bridgehead atoms. The minimum absolute atomic E-state index is 0.0693. The normalized spacial score (nSPS) is 14.9. The van der Waals surface area contributed by atoms with Gasteiger partial charge in [0.05, 0.1) is 5.52 Å². The molecule has 2 heterocycles. The van der Waals surface area contributed by atoms with Crippen molar-refractivity contribution in [2.45, 2.75) is 46.1 Å². The highest BCUT2D eigenvalue weighted by Gasteiger charge is 2.24. The molecule has 4 rings (SSSR count). The summed E-state index contributed by atoms with van der Waals surface area (Å²) in [5, 5.41) is 6.43. The number of nitrogens with zero attached hydrogens (tertiary/aromatic N) is 3. The molecule has 162 valence electrons. The summed E-state index contributed by atoms with van der Waals surface area (Å²) < 4.78 is 2.01. The van der Waals surface area contributed by atoms with Crippen LogP contribution in [0.15, 0.2) is 42.6 Å². The second-order valence-corrected chi connectivity index (χ2v) is 8.87. The Kier molecular flexibility index (Phi) is 6.42. The fourth-order valence-corrected chi connectivity index (χ4v) is 4.52. The minimum Gasteiger partial charge on any atom is -0.339 e. The van der Waals surface area contributed by atoms with E-state index in [1.165, 1.54) is 0 Å². The first kappa shape index (κ1) is 21.6. The lowest BCUT2D eigenvalue weighted by Crippen LogP contribution is -2.39. The van der Waals surface area contributed by atoms with Crippen LogP contribution in [-0.2, 0) is 6.54 Å². The second-order valence-electron chi connectivity index (χ2n) is 8.44. The molecule has 0 unspecified atom stereocenters. The number of likely N-dealkylation sites (tertiary alicyclic amines) is 1. The zero-order valence-electron chi connectivity index (χ0n) is 18.1. The van der Waals surface area contributed by atoms with E-state index in [2.05, 4.69) is 6.20 Å². The monoisotopic (exact) mass is 437 g/mol. The third kappa shape index (κ3) is 4.67. The number of rotatable bonds is 6. The van der Waals surface area contributed by atoms with E-state index in [0.29, 0.717) is 22.9 Å². The van der Waals surface area contributed by atoms with Crippen molar-refractivity contribution >= 4 is 34.2 Å². The smallest absolute Gasteiger partial charge is 0.253 e. The first-order chi connectivity index (χ1) is 15.0. The SMILES string of the molecule is CCCC(=O)c1ccc2nn(CC3CCN(C(=O)c4ccc(Cl)cc4)CC3)cc2c1C. The maximum absolute atomic E-state index is 12.7. The van der Waals surface area contributed by atoms with E-state index in [9.17, 15) is 9.59 Å². The van der Waals surface area contributed by atoms with Crippen molar-refractivity contribution in [2.75, 3.05) is 13.1 Å². The van der Waals surface area contributed by atoms with Gasteiger partial charge in [0.15, 0.2) is 5.78 Å². The Morgan fingerprint density at radius 1 is 1.10 bits per heavy atom. The summed E-state index contributed by atoms with van der Waals surface area (Å²) >= 11 is 5.93. The van der Waals surface area contributed by atoms with Gasteiger partial charge in [0.2, 0.25) is 0 Å². The van der Waals surface area contributed by atoms with Crippen molar-refractivity contribution in [3.05, 3.63) is 64.3 Å². The van der Waals surface area contributed by atoms with Crippen LogP contribution in [0.4, 0.5) is 0 Å². The van der Waals surface area contributed by atoms with Gasteiger partial charge in [0, 0.05) is 53.8 Å². The predicted molar refractivity (Wildman–Crippen MR) is 124 cm³/mol. The maximum Gasteiger partial charge on any atom is 0.253 e. The number of Topliss-reactive ketones (excluding diaryl/α,β-unsaturated/α-hetero) is 1.